The highest BCUT2D eigenvalue weighted by atomic mass is 16.5. The molecule has 3 rings (SSSR count). The lowest BCUT2D eigenvalue weighted by atomic mass is 9.86. The average molecular weight is 348 g/mol. The highest BCUT2D eigenvalue weighted by molar-refractivity contribution is 5.66. The lowest BCUT2D eigenvalue weighted by Gasteiger charge is -2.23. The van der Waals surface area contributed by atoms with E-state index in [-0.39, 0.29) is 5.41 Å². The van der Waals surface area contributed by atoms with Gasteiger partial charge in [0.15, 0.2) is 0 Å². The molecule has 1 aromatic heterocycles. The normalized spacial score (nSPS) is 11.1. The van der Waals surface area contributed by atoms with E-state index in [9.17, 15) is 0 Å². The molecule has 0 fully saturated rings. The van der Waals surface area contributed by atoms with Gasteiger partial charge in [-0.25, -0.2) is 9.97 Å². The van der Waals surface area contributed by atoms with Gasteiger partial charge >= 0.3 is 0 Å². The van der Waals surface area contributed by atoms with Crippen LogP contribution in [0.2, 0.25) is 0 Å². The third-order valence-electron chi connectivity index (χ3n) is 4.03. The lowest BCUT2D eigenvalue weighted by molar-refractivity contribution is 0.415. The zero-order chi connectivity index (χ0) is 18.6. The molecule has 5 heteroatoms. The highest BCUT2D eigenvalue weighted by Gasteiger charge is 2.17. The summed E-state index contributed by atoms with van der Waals surface area (Å²) in [6, 6.07) is 17.9. The van der Waals surface area contributed by atoms with Gasteiger partial charge in [0.25, 0.3) is 0 Å². The lowest BCUT2D eigenvalue weighted by Crippen LogP contribution is -2.13. The Hall–Kier alpha value is -3.08. The second-order valence-corrected chi connectivity index (χ2v) is 7.06. The predicted molar refractivity (Wildman–Crippen MR) is 107 cm³/mol. The molecule has 0 saturated carbocycles. The van der Waals surface area contributed by atoms with Crippen LogP contribution in [0.15, 0.2) is 60.9 Å². The maximum atomic E-state index is 5.18. The number of para-hydroxylation sites is 1. The van der Waals surface area contributed by atoms with Crippen molar-refractivity contribution in [2.24, 2.45) is 0 Å². The molecule has 0 spiro atoms. The smallest absolute Gasteiger partial charge is 0.135 e. The largest absolute Gasteiger partial charge is 0.497 e. The maximum absolute atomic E-state index is 5.18. The van der Waals surface area contributed by atoms with Gasteiger partial charge < -0.3 is 15.4 Å². The molecule has 0 aliphatic heterocycles. The number of rotatable bonds is 5. The summed E-state index contributed by atoms with van der Waals surface area (Å²) in [7, 11) is 1.65. The van der Waals surface area contributed by atoms with E-state index >= 15 is 0 Å². The van der Waals surface area contributed by atoms with Crippen LogP contribution in [0.25, 0.3) is 0 Å². The average Bonchev–Trinajstić information content (AvgIpc) is 2.62. The molecule has 134 valence electrons. The Bertz CT molecular complexity index is 870. The first kappa shape index (κ1) is 17.7. The Kier molecular flexibility index (Phi) is 5.07. The third-order valence-corrected chi connectivity index (χ3v) is 4.03. The summed E-state index contributed by atoms with van der Waals surface area (Å²) in [6.45, 7) is 6.60. The molecule has 0 aliphatic carbocycles. The third kappa shape index (κ3) is 4.30. The van der Waals surface area contributed by atoms with E-state index in [4.69, 9.17) is 4.74 Å². The molecule has 0 amide bonds. The summed E-state index contributed by atoms with van der Waals surface area (Å²) in [4.78, 5) is 8.64. The van der Waals surface area contributed by atoms with Crippen LogP contribution in [0.3, 0.4) is 0 Å². The standard InChI is InChI=1S/C21H24N4O/c1-21(2,3)17-7-5-6-8-18(17)25-20-13-19(22-14-23-20)24-15-9-11-16(26-4)12-10-15/h5-14H,1-4H3,(H2,22,23,24,25). The molecule has 0 unspecified atom stereocenters. The second-order valence-electron chi connectivity index (χ2n) is 7.06. The van der Waals surface area contributed by atoms with E-state index < -0.39 is 0 Å². The van der Waals surface area contributed by atoms with E-state index in [1.54, 1.807) is 13.4 Å². The van der Waals surface area contributed by atoms with Gasteiger partial charge in [0.1, 0.15) is 23.7 Å². The minimum Gasteiger partial charge on any atom is -0.497 e. The number of benzene rings is 2. The van der Waals surface area contributed by atoms with E-state index in [2.05, 4.69) is 59.6 Å². The van der Waals surface area contributed by atoms with Crippen molar-refractivity contribution in [1.29, 1.82) is 0 Å². The number of hydrogen-bond acceptors (Lipinski definition) is 5. The quantitative estimate of drug-likeness (QED) is 0.658. The van der Waals surface area contributed by atoms with Gasteiger partial charge in [0.05, 0.1) is 7.11 Å². The molecular formula is C21H24N4O. The van der Waals surface area contributed by atoms with Crippen LogP contribution in [0.4, 0.5) is 23.0 Å². The van der Waals surface area contributed by atoms with Crippen molar-refractivity contribution in [3.05, 3.63) is 66.5 Å². The molecular weight excluding hydrogens is 324 g/mol. The maximum Gasteiger partial charge on any atom is 0.135 e. The number of anilines is 4. The van der Waals surface area contributed by atoms with Gasteiger partial charge in [-0.15, -0.1) is 0 Å². The van der Waals surface area contributed by atoms with Gasteiger partial charge in [-0.1, -0.05) is 39.0 Å². The summed E-state index contributed by atoms with van der Waals surface area (Å²) in [5.74, 6) is 2.29. The summed E-state index contributed by atoms with van der Waals surface area (Å²) in [5, 5.41) is 6.69. The Morgan fingerprint density at radius 3 is 2.15 bits per heavy atom. The minimum atomic E-state index is 0.0425. The van der Waals surface area contributed by atoms with Crippen molar-refractivity contribution in [3.63, 3.8) is 0 Å². The molecule has 0 radical (unpaired) electrons. The molecule has 2 aromatic carbocycles. The zero-order valence-corrected chi connectivity index (χ0v) is 15.6. The van der Waals surface area contributed by atoms with Crippen LogP contribution >= 0.6 is 0 Å². The van der Waals surface area contributed by atoms with Crippen LogP contribution in [0.5, 0.6) is 5.75 Å². The zero-order valence-electron chi connectivity index (χ0n) is 15.6. The Labute approximate surface area is 154 Å². The van der Waals surface area contributed by atoms with Crippen LogP contribution in [0.1, 0.15) is 26.3 Å². The van der Waals surface area contributed by atoms with Crippen LogP contribution in [0, 0.1) is 0 Å². The Morgan fingerprint density at radius 1 is 0.846 bits per heavy atom. The summed E-state index contributed by atoms with van der Waals surface area (Å²) in [6.07, 6.45) is 1.55. The Morgan fingerprint density at radius 2 is 1.50 bits per heavy atom. The number of nitrogens with zero attached hydrogens (tertiary/aromatic N) is 2. The number of nitrogens with one attached hydrogen (secondary N) is 2. The number of methoxy groups -OCH3 is 1. The number of aromatic nitrogens is 2. The minimum absolute atomic E-state index is 0.0425. The van der Waals surface area contributed by atoms with Crippen molar-refractivity contribution in [3.8, 4) is 5.75 Å². The van der Waals surface area contributed by atoms with Crippen LogP contribution < -0.4 is 15.4 Å². The predicted octanol–water partition coefficient (Wildman–Crippen LogP) is 5.27. The van der Waals surface area contributed by atoms with E-state index in [0.717, 1.165) is 28.8 Å². The van der Waals surface area contributed by atoms with Gasteiger partial charge in [-0.05, 0) is 41.3 Å². The molecule has 0 atom stereocenters. The van der Waals surface area contributed by atoms with Crippen molar-refractivity contribution in [2.75, 3.05) is 17.7 Å². The van der Waals surface area contributed by atoms with E-state index in [1.807, 2.05) is 36.4 Å². The Balaban J connectivity index is 1.80. The molecule has 26 heavy (non-hydrogen) atoms. The molecule has 1 heterocycles. The molecule has 0 aliphatic rings. The fourth-order valence-electron chi connectivity index (χ4n) is 2.70. The second kappa shape index (κ2) is 7.44. The van der Waals surface area contributed by atoms with Crippen molar-refractivity contribution in [2.45, 2.75) is 26.2 Å². The first-order chi connectivity index (χ1) is 12.5. The van der Waals surface area contributed by atoms with Crippen LogP contribution in [-0.2, 0) is 5.41 Å². The topological polar surface area (TPSA) is 59.1 Å². The van der Waals surface area contributed by atoms with Crippen LogP contribution in [-0.4, -0.2) is 17.1 Å². The van der Waals surface area contributed by atoms with Gasteiger partial charge in [0.2, 0.25) is 0 Å². The molecule has 0 bridgehead atoms. The van der Waals surface area contributed by atoms with Gasteiger partial charge in [-0.3, -0.25) is 0 Å². The summed E-state index contributed by atoms with van der Waals surface area (Å²) < 4.78 is 5.18. The van der Waals surface area contributed by atoms with Gasteiger partial charge in [-0.2, -0.15) is 0 Å². The monoisotopic (exact) mass is 348 g/mol. The molecule has 2 N–H and O–H groups in total. The van der Waals surface area contributed by atoms with Crippen molar-refractivity contribution >= 4 is 23.0 Å². The first-order valence-electron chi connectivity index (χ1n) is 8.55. The van der Waals surface area contributed by atoms with Gasteiger partial charge in [0, 0.05) is 17.4 Å². The molecule has 5 nitrogen and oxygen atoms in total. The molecule has 3 aromatic rings. The fourth-order valence-corrected chi connectivity index (χ4v) is 2.70. The molecule has 0 saturated heterocycles. The first-order valence-corrected chi connectivity index (χ1v) is 8.55. The number of ether oxygens (including phenoxy) is 1. The van der Waals surface area contributed by atoms with Crippen molar-refractivity contribution in [1.82, 2.24) is 9.97 Å². The summed E-state index contributed by atoms with van der Waals surface area (Å²) >= 11 is 0. The SMILES string of the molecule is COc1ccc(Nc2cc(Nc3ccccc3C(C)(C)C)ncn2)cc1. The van der Waals surface area contributed by atoms with E-state index in [1.165, 1.54) is 5.56 Å². The fraction of sp³-hybridized carbons (Fsp3) is 0.238. The van der Waals surface area contributed by atoms with E-state index in [0.29, 0.717) is 0 Å². The summed E-state index contributed by atoms with van der Waals surface area (Å²) in [5.41, 5.74) is 3.27. The highest BCUT2D eigenvalue weighted by Crippen LogP contribution is 2.31. The van der Waals surface area contributed by atoms with Crippen molar-refractivity contribution < 1.29 is 4.74 Å². The number of hydrogen-bond donors (Lipinski definition) is 2.